The minimum Gasteiger partial charge on any atom is -0.497 e. The number of esters is 1. The summed E-state index contributed by atoms with van der Waals surface area (Å²) in [5.41, 5.74) is 1.22. The van der Waals surface area contributed by atoms with Crippen LogP contribution in [0.15, 0.2) is 60.7 Å². The Hall–Kier alpha value is -3.41. The highest BCUT2D eigenvalue weighted by Gasteiger charge is 2.18. The number of hydrogen-bond acceptors (Lipinski definition) is 4. The van der Waals surface area contributed by atoms with Gasteiger partial charge in [-0.3, -0.25) is 9.59 Å². The summed E-state index contributed by atoms with van der Waals surface area (Å²) in [6.45, 7) is 1.32. The Kier molecular flexibility index (Phi) is 5.89. The van der Waals surface area contributed by atoms with E-state index in [1.54, 1.807) is 14.0 Å². The van der Waals surface area contributed by atoms with Crippen molar-refractivity contribution in [1.82, 2.24) is 0 Å². The normalized spacial score (nSPS) is 11.7. The van der Waals surface area contributed by atoms with E-state index in [-0.39, 0.29) is 0 Å². The van der Waals surface area contributed by atoms with Gasteiger partial charge in [0.25, 0.3) is 5.91 Å². The van der Waals surface area contributed by atoms with Gasteiger partial charge in [-0.25, -0.2) is 4.39 Å². The molecule has 0 radical (unpaired) electrons. The molecule has 0 bridgehead atoms. The predicted octanol–water partition coefficient (Wildman–Crippen LogP) is 4.27. The molecule has 0 aromatic heterocycles. The number of ether oxygens (including phenoxy) is 2. The molecule has 6 heteroatoms. The summed E-state index contributed by atoms with van der Waals surface area (Å²) in [4.78, 5) is 24.2. The van der Waals surface area contributed by atoms with Crippen LogP contribution in [0.4, 0.5) is 10.1 Å². The van der Waals surface area contributed by atoms with Gasteiger partial charge in [-0.2, -0.15) is 0 Å². The average Bonchev–Trinajstić information content (AvgIpc) is 2.72. The second-order valence-electron chi connectivity index (χ2n) is 6.36. The number of hydrogen-bond donors (Lipinski definition) is 1. The number of carbonyl (C=O) groups excluding carboxylic acids is 2. The molecular weight excluding hydrogens is 361 g/mol. The molecule has 0 heterocycles. The molecule has 0 fully saturated rings. The van der Waals surface area contributed by atoms with Crippen molar-refractivity contribution in [2.75, 3.05) is 19.0 Å². The summed E-state index contributed by atoms with van der Waals surface area (Å²) in [5, 5.41) is 4.52. The number of methoxy groups -OCH3 is 1. The van der Waals surface area contributed by atoms with Crippen LogP contribution >= 0.6 is 0 Å². The largest absolute Gasteiger partial charge is 0.497 e. The van der Waals surface area contributed by atoms with Gasteiger partial charge in [0.2, 0.25) is 0 Å². The summed E-state index contributed by atoms with van der Waals surface area (Å²) in [5.74, 6) is -1.14. The summed E-state index contributed by atoms with van der Waals surface area (Å²) >= 11 is 0. The van der Waals surface area contributed by atoms with Crippen molar-refractivity contribution in [3.05, 3.63) is 72.0 Å². The highest BCUT2D eigenvalue weighted by Crippen LogP contribution is 2.25. The predicted molar refractivity (Wildman–Crippen MR) is 105 cm³/mol. The smallest absolute Gasteiger partial charge is 0.313 e. The van der Waals surface area contributed by atoms with Gasteiger partial charge in [0, 0.05) is 5.69 Å². The van der Waals surface area contributed by atoms with E-state index in [1.807, 2.05) is 36.4 Å². The summed E-state index contributed by atoms with van der Waals surface area (Å²) < 4.78 is 23.2. The fourth-order valence-electron chi connectivity index (χ4n) is 2.77. The molecule has 0 aliphatic carbocycles. The first-order valence-electron chi connectivity index (χ1n) is 8.76. The lowest BCUT2D eigenvalue weighted by Gasteiger charge is -2.13. The zero-order valence-electron chi connectivity index (χ0n) is 15.6. The molecule has 0 unspecified atom stereocenters. The lowest BCUT2D eigenvalue weighted by molar-refractivity contribution is -0.148. The standard InChI is InChI=1S/C22H20FNO4/c1-14(15-3-4-17-12-20(27-2)10-5-16(17)11-15)22(26)28-13-21(25)24-19-8-6-18(23)7-9-19/h3-12,14H,13H2,1-2H3,(H,24,25)/t14-/m0/s1. The van der Waals surface area contributed by atoms with Crippen molar-refractivity contribution < 1.29 is 23.5 Å². The fourth-order valence-corrected chi connectivity index (χ4v) is 2.77. The zero-order valence-corrected chi connectivity index (χ0v) is 15.6. The Bertz CT molecular complexity index is 1000. The van der Waals surface area contributed by atoms with E-state index < -0.39 is 30.2 Å². The van der Waals surface area contributed by atoms with Crippen molar-refractivity contribution >= 4 is 28.3 Å². The van der Waals surface area contributed by atoms with Crippen LogP contribution in [0.1, 0.15) is 18.4 Å². The second kappa shape index (κ2) is 8.52. The van der Waals surface area contributed by atoms with E-state index in [2.05, 4.69) is 5.32 Å². The monoisotopic (exact) mass is 381 g/mol. The number of amides is 1. The van der Waals surface area contributed by atoms with Crippen molar-refractivity contribution in [3.8, 4) is 5.75 Å². The summed E-state index contributed by atoms with van der Waals surface area (Å²) in [6.07, 6.45) is 0. The molecule has 28 heavy (non-hydrogen) atoms. The number of benzene rings is 3. The molecule has 0 saturated heterocycles. The topological polar surface area (TPSA) is 64.6 Å². The molecule has 1 atom stereocenters. The number of anilines is 1. The lowest BCUT2D eigenvalue weighted by atomic mass is 9.98. The Morgan fingerprint density at radius 3 is 2.39 bits per heavy atom. The number of carbonyl (C=O) groups is 2. The maximum absolute atomic E-state index is 12.9. The molecule has 0 saturated carbocycles. The lowest BCUT2D eigenvalue weighted by Crippen LogP contribution is -2.23. The molecule has 0 aliphatic heterocycles. The van der Waals surface area contributed by atoms with Crippen molar-refractivity contribution in [3.63, 3.8) is 0 Å². The number of halogens is 1. The van der Waals surface area contributed by atoms with Gasteiger partial charge in [-0.15, -0.1) is 0 Å². The number of fused-ring (bicyclic) bond motifs is 1. The SMILES string of the molecule is COc1ccc2cc([C@H](C)C(=O)OCC(=O)Nc3ccc(F)cc3)ccc2c1. The maximum atomic E-state index is 12.9. The third-order valence-electron chi connectivity index (χ3n) is 4.40. The molecule has 0 spiro atoms. The van der Waals surface area contributed by atoms with E-state index in [4.69, 9.17) is 9.47 Å². The molecule has 3 aromatic rings. The first-order valence-corrected chi connectivity index (χ1v) is 8.76. The third-order valence-corrected chi connectivity index (χ3v) is 4.40. The zero-order chi connectivity index (χ0) is 20.1. The van der Waals surface area contributed by atoms with Crippen molar-refractivity contribution in [1.29, 1.82) is 0 Å². The first kappa shape index (κ1) is 19.4. The van der Waals surface area contributed by atoms with E-state index in [0.717, 1.165) is 22.1 Å². The molecule has 3 aromatic carbocycles. The number of rotatable bonds is 6. The van der Waals surface area contributed by atoms with Gasteiger partial charge in [0.15, 0.2) is 6.61 Å². The molecule has 3 rings (SSSR count). The van der Waals surface area contributed by atoms with Crippen molar-refractivity contribution in [2.45, 2.75) is 12.8 Å². The Morgan fingerprint density at radius 2 is 1.68 bits per heavy atom. The van der Waals surface area contributed by atoms with E-state index >= 15 is 0 Å². The summed E-state index contributed by atoms with van der Waals surface area (Å²) in [6, 6.07) is 16.7. The van der Waals surface area contributed by atoms with Crippen LogP contribution in [0.25, 0.3) is 10.8 Å². The highest BCUT2D eigenvalue weighted by molar-refractivity contribution is 5.93. The van der Waals surface area contributed by atoms with Gasteiger partial charge >= 0.3 is 5.97 Å². The molecule has 1 N–H and O–H groups in total. The Labute approximate surface area is 162 Å². The van der Waals surface area contributed by atoms with Crippen LogP contribution in [-0.4, -0.2) is 25.6 Å². The first-order chi connectivity index (χ1) is 13.5. The van der Waals surface area contributed by atoms with Gasteiger partial charge < -0.3 is 14.8 Å². The molecule has 0 aliphatic rings. The molecular formula is C22H20FNO4. The third kappa shape index (κ3) is 4.65. The van der Waals surface area contributed by atoms with Crippen molar-refractivity contribution in [2.24, 2.45) is 0 Å². The highest BCUT2D eigenvalue weighted by atomic mass is 19.1. The van der Waals surface area contributed by atoms with Crippen LogP contribution in [-0.2, 0) is 14.3 Å². The van der Waals surface area contributed by atoms with Crippen LogP contribution in [0.3, 0.4) is 0 Å². The van der Waals surface area contributed by atoms with E-state index in [9.17, 15) is 14.0 Å². The second-order valence-corrected chi connectivity index (χ2v) is 6.36. The molecule has 144 valence electrons. The maximum Gasteiger partial charge on any atom is 0.313 e. The minimum absolute atomic E-state index is 0.396. The van der Waals surface area contributed by atoms with E-state index in [1.165, 1.54) is 24.3 Å². The van der Waals surface area contributed by atoms with Gasteiger partial charge in [0.1, 0.15) is 11.6 Å². The Morgan fingerprint density at radius 1 is 1.00 bits per heavy atom. The summed E-state index contributed by atoms with van der Waals surface area (Å²) in [7, 11) is 1.61. The molecule has 1 amide bonds. The van der Waals surface area contributed by atoms with Crippen LogP contribution < -0.4 is 10.1 Å². The Balaban J connectivity index is 1.59. The fraction of sp³-hybridized carbons (Fsp3) is 0.182. The molecule has 5 nitrogen and oxygen atoms in total. The van der Waals surface area contributed by atoms with E-state index in [0.29, 0.717) is 5.69 Å². The van der Waals surface area contributed by atoms with Gasteiger partial charge in [-0.05, 0) is 59.7 Å². The van der Waals surface area contributed by atoms with Crippen LogP contribution in [0, 0.1) is 5.82 Å². The number of nitrogens with one attached hydrogen (secondary N) is 1. The minimum atomic E-state index is -0.523. The quantitative estimate of drug-likeness (QED) is 0.648. The van der Waals surface area contributed by atoms with Crippen LogP contribution in [0.2, 0.25) is 0 Å². The van der Waals surface area contributed by atoms with Gasteiger partial charge in [-0.1, -0.05) is 24.3 Å². The van der Waals surface area contributed by atoms with Gasteiger partial charge in [0.05, 0.1) is 13.0 Å². The average molecular weight is 381 g/mol. The van der Waals surface area contributed by atoms with Crippen LogP contribution in [0.5, 0.6) is 5.75 Å².